The van der Waals surface area contributed by atoms with Crippen molar-refractivity contribution in [2.45, 2.75) is 26.2 Å². The molecule has 0 bridgehead atoms. The number of carbonyl (C=O) groups excluding carboxylic acids is 2. The molecule has 0 saturated carbocycles. The number of hydrazine groups is 1. The Morgan fingerprint density at radius 2 is 1.76 bits per heavy atom. The molecule has 1 rings (SSSR count). The van der Waals surface area contributed by atoms with Crippen molar-refractivity contribution < 1.29 is 23.5 Å². The molecule has 0 aromatic heterocycles. The summed E-state index contributed by atoms with van der Waals surface area (Å²) in [5.41, 5.74) is -1.43. The molecule has 0 fully saturated rings. The minimum absolute atomic E-state index is 0.00678. The fourth-order valence-corrected chi connectivity index (χ4v) is 1.82. The number of hydrogen-bond donors (Lipinski definition) is 1. The first kappa shape index (κ1) is 16.9. The van der Waals surface area contributed by atoms with Crippen molar-refractivity contribution in [3.63, 3.8) is 0 Å². The van der Waals surface area contributed by atoms with E-state index < -0.39 is 17.4 Å². The highest BCUT2D eigenvalue weighted by molar-refractivity contribution is 6.06. The van der Waals surface area contributed by atoms with Crippen LogP contribution in [-0.4, -0.2) is 25.2 Å². The number of anilines is 1. The van der Waals surface area contributed by atoms with Gasteiger partial charge in [0, 0.05) is 0 Å². The van der Waals surface area contributed by atoms with E-state index in [1.807, 2.05) is 0 Å². The maximum Gasteiger partial charge on any atom is 0.327 e. The minimum Gasteiger partial charge on any atom is -0.465 e. The predicted molar refractivity (Wildman–Crippen MR) is 74.8 cm³/mol. The van der Waals surface area contributed by atoms with Gasteiger partial charge in [-0.15, -0.1) is 5.23 Å². The molecule has 0 aliphatic carbocycles. The zero-order chi connectivity index (χ0) is 16.0. The van der Waals surface area contributed by atoms with Gasteiger partial charge in [0.1, 0.15) is 0 Å². The smallest absolute Gasteiger partial charge is 0.327 e. The van der Waals surface area contributed by atoms with Gasteiger partial charge in [-0.2, -0.15) is 0 Å². The molecule has 0 saturated heterocycles. The van der Waals surface area contributed by atoms with Crippen LogP contribution in [0.15, 0.2) is 24.3 Å². The summed E-state index contributed by atoms with van der Waals surface area (Å²) in [6.45, 7) is 4.85. The standard InChI is InChI=1S/C14H19FN2O4/c1-4-20-12(18)14(3,13(19)21-5-2)10-7-6-8-11(9-10)17(15)16/h6-9H,4-5,16H2,1-3H3. The Morgan fingerprint density at radius 1 is 1.24 bits per heavy atom. The number of ether oxygens (including phenoxy) is 2. The maximum absolute atomic E-state index is 13.1. The van der Waals surface area contributed by atoms with Crippen LogP contribution < -0.4 is 11.1 Å². The summed E-state index contributed by atoms with van der Waals surface area (Å²) in [7, 11) is 0. The van der Waals surface area contributed by atoms with Crippen LogP contribution in [0.2, 0.25) is 0 Å². The molecule has 0 amide bonds. The zero-order valence-electron chi connectivity index (χ0n) is 12.3. The Labute approximate surface area is 122 Å². The summed E-state index contributed by atoms with van der Waals surface area (Å²) < 4.78 is 23.0. The third kappa shape index (κ3) is 3.49. The average Bonchev–Trinajstić information content (AvgIpc) is 2.46. The van der Waals surface area contributed by atoms with Gasteiger partial charge >= 0.3 is 11.9 Å². The highest BCUT2D eigenvalue weighted by Gasteiger charge is 2.46. The SMILES string of the molecule is CCOC(=O)C(C)(C(=O)OCC)c1cccc(N(N)F)c1. The van der Waals surface area contributed by atoms with Gasteiger partial charge in [0.05, 0.1) is 18.9 Å². The summed E-state index contributed by atoms with van der Waals surface area (Å²) in [5, 5.41) is -0.0970. The normalized spacial score (nSPS) is 10.9. The molecule has 0 unspecified atom stereocenters. The molecule has 21 heavy (non-hydrogen) atoms. The third-order valence-corrected chi connectivity index (χ3v) is 3.04. The van der Waals surface area contributed by atoms with Crippen LogP contribution in [0.25, 0.3) is 0 Å². The van der Waals surface area contributed by atoms with Crippen LogP contribution in [0.1, 0.15) is 26.3 Å². The van der Waals surface area contributed by atoms with Crippen molar-refractivity contribution in [2.24, 2.45) is 5.84 Å². The van der Waals surface area contributed by atoms with Crippen LogP contribution in [0.3, 0.4) is 0 Å². The number of benzene rings is 1. The van der Waals surface area contributed by atoms with Gasteiger partial charge in [0.2, 0.25) is 0 Å². The van der Waals surface area contributed by atoms with Gasteiger partial charge in [0.25, 0.3) is 0 Å². The lowest BCUT2D eigenvalue weighted by Gasteiger charge is -2.26. The predicted octanol–water partition coefficient (Wildman–Crippen LogP) is 1.64. The van der Waals surface area contributed by atoms with E-state index in [1.54, 1.807) is 13.8 Å². The second-order valence-electron chi connectivity index (χ2n) is 4.43. The molecular formula is C14H19FN2O4. The molecule has 2 N–H and O–H groups in total. The van der Waals surface area contributed by atoms with Crippen molar-refractivity contribution in [1.29, 1.82) is 0 Å². The number of hydrogen-bond acceptors (Lipinski definition) is 6. The molecule has 0 aliphatic rings. The largest absolute Gasteiger partial charge is 0.465 e. The van der Waals surface area contributed by atoms with Gasteiger partial charge in [0.15, 0.2) is 5.41 Å². The quantitative estimate of drug-likeness (QED) is 0.283. The Balaban J connectivity index is 3.32. The summed E-state index contributed by atoms with van der Waals surface area (Å²) in [4.78, 5) is 24.4. The molecule has 0 radical (unpaired) electrons. The number of nitrogens with two attached hydrogens (primary N) is 1. The summed E-state index contributed by atoms with van der Waals surface area (Å²) in [6, 6.07) is 5.70. The minimum atomic E-state index is -1.68. The maximum atomic E-state index is 13.1. The summed E-state index contributed by atoms with van der Waals surface area (Å²) in [6.07, 6.45) is 0. The molecule has 116 valence electrons. The molecule has 0 heterocycles. The van der Waals surface area contributed by atoms with Crippen LogP contribution in [0.4, 0.5) is 10.2 Å². The average molecular weight is 298 g/mol. The van der Waals surface area contributed by atoms with E-state index in [1.165, 1.54) is 31.2 Å². The second-order valence-corrected chi connectivity index (χ2v) is 4.43. The summed E-state index contributed by atoms with van der Waals surface area (Å²) in [5.74, 6) is 3.51. The first-order chi connectivity index (χ1) is 9.87. The van der Waals surface area contributed by atoms with Gasteiger partial charge in [-0.25, -0.2) is 5.84 Å². The summed E-state index contributed by atoms with van der Waals surface area (Å²) >= 11 is 0. The van der Waals surface area contributed by atoms with Crippen molar-refractivity contribution in [1.82, 2.24) is 0 Å². The lowest BCUT2D eigenvalue weighted by molar-refractivity contribution is -0.163. The van der Waals surface area contributed by atoms with E-state index in [4.69, 9.17) is 15.3 Å². The lowest BCUT2D eigenvalue weighted by atomic mass is 9.82. The van der Waals surface area contributed by atoms with Crippen molar-refractivity contribution in [2.75, 3.05) is 18.4 Å². The Hall–Kier alpha value is -2.15. The Kier molecular flexibility index (Phi) is 5.66. The van der Waals surface area contributed by atoms with E-state index in [0.717, 1.165) is 0 Å². The number of halogens is 1. The van der Waals surface area contributed by atoms with E-state index >= 15 is 0 Å². The molecule has 0 spiro atoms. The molecule has 0 atom stereocenters. The Bertz CT molecular complexity index is 501. The lowest BCUT2D eigenvalue weighted by Crippen LogP contribution is -2.43. The van der Waals surface area contributed by atoms with Gasteiger partial charge in [-0.1, -0.05) is 16.6 Å². The van der Waals surface area contributed by atoms with Gasteiger partial charge < -0.3 is 9.47 Å². The van der Waals surface area contributed by atoms with E-state index in [2.05, 4.69) is 0 Å². The number of esters is 2. The fourth-order valence-electron chi connectivity index (χ4n) is 1.82. The van der Waals surface area contributed by atoms with E-state index in [9.17, 15) is 14.1 Å². The Morgan fingerprint density at radius 3 is 2.19 bits per heavy atom. The number of rotatable bonds is 6. The number of nitrogens with zero attached hydrogens (tertiary/aromatic N) is 1. The molecule has 0 aliphatic heterocycles. The van der Waals surface area contributed by atoms with E-state index in [0.29, 0.717) is 0 Å². The molecule has 6 nitrogen and oxygen atoms in total. The van der Waals surface area contributed by atoms with Crippen LogP contribution in [-0.2, 0) is 24.5 Å². The highest BCUT2D eigenvalue weighted by Crippen LogP contribution is 2.30. The van der Waals surface area contributed by atoms with Crippen molar-refractivity contribution in [3.8, 4) is 0 Å². The first-order valence-electron chi connectivity index (χ1n) is 6.53. The van der Waals surface area contributed by atoms with Crippen LogP contribution in [0, 0.1) is 0 Å². The van der Waals surface area contributed by atoms with Crippen LogP contribution >= 0.6 is 0 Å². The van der Waals surface area contributed by atoms with Crippen LogP contribution in [0.5, 0.6) is 0 Å². The molecular weight excluding hydrogens is 279 g/mol. The third-order valence-electron chi connectivity index (χ3n) is 3.04. The highest BCUT2D eigenvalue weighted by atomic mass is 19.2. The molecule has 1 aromatic rings. The molecule has 1 aromatic carbocycles. The van der Waals surface area contributed by atoms with E-state index in [-0.39, 0.29) is 29.7 Å². The van der Waals surface area contributed by atoms with Gasteiger partial charge in [-0.05, 0) is 38.5 Å². The second kappa shape index (κ2) is 7.03. The topological polar surface area (TPSA) is 81.9 Å². The van der Waals surface area contributed by atoms with Crippen molar-refractivity contribution in [3.05, 3.63) is 29.8 Å². The fraction of sp³-hybridized carbons (Fsp3) is 0.429. The van der Waals surface area contributed by atoms with Crippen molar-refractivity contribution >= 4 is 17.6 Å². The van der Waals surface area contributed by atoms with Gasteiger partial charge in [-0.3, -0.25) is 9.59 Å². The first-order valence-corrected chi connectivity index (χ1v) is 6.53. The number of carbonyl (C=O) groups is 2. The monoisotopic (exact) mass is 298 g/mol. The zero-order valence-corrected chi connectivity index (χ0v) is 12.3. The molecule has 7 heteroatoms.